The molecule has 0 bridgehead atoms. The topological polar surface area (TPSA) is 12.5 Å². The Balaban J connectivity index is 2.14. The summed E-state index contributed by atoms with van der Waals surface area (Å²) in [5.41, 5.74) is 3.89. The van der Waals surface area contributed by atoms with Gasteiger partial charge in [0.1, 0.15) is 11.5 Å². The predicted octanol–water partition coefficient (Wildman–Crippen LogP) is 4.79. The van der Waals surface area contributed by atoms with Crippen LogP contribution in [-0.2, 0) is 0 Å². The van der Waals surface area contributed by atoms with Crippen LogP contribution >= 0.6 is 0 Å². The highest BCUT2D eigenvalue weighted by Crippen LogP contribution is 2.47. The fourth-order valence-corrected chi connectivity index (χ4v) is 3.10. The van der Waals surface area contributed by atoms with Gasteiger partial charge in [-0.05, 0) is 32.0 Å². The molecule has 0 N–H and O–H groups in total. The molecule has 2 aromatic rings. The lowest BCUT2D eigenvalue weighted by Gasteiger charge is -2.32. The van der Waals surface area contributed by atoms with Gasteiger partial charge in [0.05, 0.1) is 0 Å². The molecule has 1 aliphatic rings. The summed E-state index contributed by atoms with van der Waals surface area (Å²) >= 11 is 0. The molecule has 104 valence electrons. The Morgan fingerprint density at radius 3 is 2.40 bits per heavy atom. The summed E-state index contributed by atoms with van der Waals surface area (Å²) < 4.78 is 6.10. The Hall–Kier alpha value is -1.96. The largest absolute Gasteiger partial charge is 0.457 e. The third-order valence-corrected chi connectivity index (χ3v) is 4.19. The van der Waals surface area contributed by atoms with Crippen LogP contribution in [0.15, 0.2) is 42.5 Å². The molecule has 0 spiro atoms. The van der Waals surface area contributed by atoms with E-state index in [1.54, 1.807) is 0 Å². The first-order valence-electron chi connectivity index (χ1n) is 7.40. The van der Waals surface area contributed by atoms with Crippen LogP contribution in [-0.4, -0.2) is 13.1 Å². The second kappa shape index (κ2) is 5.20. The van der Waals surface area contributed by atoms with Gasteiger partial charge < -0.3 is 9.64 Å². The molecule has 0 aromatic heterocycles. The third kappa shape index (κ3) is 1.96. The number of anilines is 1. The van der Waals surface area contributed by atoms with E-state index in [2.05, 4.69) is 62.1 Å². The van der Waals surface area contributed by atoms with Gasteiger partial charge in [-0.15, -0.1) is 0 Å². The second-order valence-corrected chi connectivity index (χ2v) is 5.22. The number of rotatable bonds is 3. The number of ether oxygens (including phenoxy) is 1. The van der Waals surface area contributed by atoms with E-state index < -0.39 is 0 Å². The highest BCUT2D eigenvalue weighted by molar-refractivity contribution is 5.66. The zero-order valence-electron chi connectivity index (χ0n) is 12.4. The van der Waals surface area contributed by atoms with Crippen molar-refractivity contribution < 1.29 is 4.74 Å². The van der Waals surface area contributed by atoms with Crippen LogP contribution in [0.1, 0.15) is 37.8 Å². The Bertz CT molecular complexity index is 617. The van der Waals surface area contributed by atoms with Crippen molar-refractivity contribution in [2.24, 2.45) is 0 Å². The van der Waals surface area contributed by atoms with E-state index in [0.717, 1.165) is 24.6 Å². The molecule has 2 nitrogen and oxygen atoms in total. The molecule has 0 radical (unpaired) electrons. The van der Waals surface area contributed by atoms with Gasteiger partial charge in [0.25, 0.3) is 0 Å². The molecule has 2 heteroatoms. The maximum absolute atomic E-state index is 6.10. The first-order valence-corrected chi connectivity index (χ1v) is 7.40. The van der Waals surface area contributed by atoms with E-state index >= 15 is 0 Å². The second-order valence-electron chi connectivity index (χ2n) is 5.22. The first kappa shape index (κ1) is 13.0. The molecule has 20 heavy (non-hydrogen) atoms. The first-order chi connectivity index (χ1) is 9.76. The van der Waals surface area contributed by atoms with Gasteiger partial charge in [-0.2, -0.15) is 0 Å². The van der Waals surface area contributed by atoms with Crippen LogP contribution in [0.3, 0.4) is 0 Å². The number of para-hydroxylation sites is 1. The minimum atomic E-state index is 0.367. The van der Waals surface area contributed by atoms with E-state index in [-0.39, 0.29) is 0 Å². The van der Waals surface area contributed by atoms with Gasteiger partial charge in [0.2, 0.25) is 0 Å². The van der Waals surface area contributed by atoms with Crippen molar-refractivity contribution in [2.45, 2.75) is 26.7 Å². The van der Waals surface area contributed by atoms with E-state index in [9.17, 15) is 0 Å². The molecule has 1 atom stereocenters. The standard InChI is InChI=1S/C18H21NO/c1-4-19(5-2)15-10-8-12-17-18(15)13(3)14-9-6-7-11-16(14)20-17/h6-13H,4-5H2,1-3H3. The van der Waals surface area contributed by atoms with Crippen molar-refractivity contribution in [1.29, 1.82) is 0 Å². The minimum Gasteiger partial charge on any atom is -0.457 e. The molecule has 0 saturated carbocycles. The van der Waals surface area contributed by atoms with Gasteiger partial charge >= 0.3 is 0 Å². The maximum Gasteiger partial charge on any atom is 0.133 e. The average molecular weight is 267 g/mol. The molecular formula is C18H21NO. The molecule has 0 aliphatic carbocycles. The summed E-state index contributed by atoms with van der Waals surface area (Å²) in [5, 5.41) is 0. The van der Waals surface area contributed by atoms with Crippen molar-refractivity contribution in [3.63, 3.8) is 0 Å². The van der Waals surface area contributed by atoms with Crippen LogP contribution in [0.2, 0.25) is 0 Å². The van der Waals surface area contributed by atoms with Crippen molar-refractivity contribution in [2.75, 3.05) is 18.0 Å². The number of nitrogens with zero attached hydrogens (tertiary/aromatic N) is 1. The molecule has 1 aliphatic heterocycles. The monoisotopic (exact) mass is 267 g/mol. The maximum atomic E-state index is 6.10. The quantitative estimate of drug-likeness (QED) is 0.792. The van der Waals surface area contributed by atoms with Crippen molar-refractivity contribution >= 4 is 5.69 Å². The van der Waals surface area contributed by atoms with Gasteiger partial charge in [-0.25, -0.2) is 0 Å². The Kier molecular flexibility index (Phi) is 3.39. The van der Waals surface area contributed by atoms with E-state index in [1.165, 1.54) is 16.8 Å². The van der Waals surface area contributed by atoms with Crippen molar-refractivity contribution in [3.8, 4) is 11.5 Å². The summed E-state index contributed by atoms with van der Waals surface area (Å²) in [6.07, 6.45) is 0. The summed E-state index contributed by atoms with van der Waals surface area (Å²) in [5.74, 6) is 2.36. The smallest absolute Gasteiger partial charge is 0.133 e. The summed E-state index contributed by atoms with van der Waals surface area (Å²) in [4.78, 5) is 2.40. The number of fused-ring (bicyclic) bond motifs is 2. The lowest BCUT2D eigenvalue weighted by molar-refractivity contribution is 0.449. The fraction of sp³-hybridized carbons (Fsp3) is 0.333. The van der Waals surface area contributed by atoms with Crippen LogP contribution < -0.4 is 9.64 Å². The molecule has 2 aromatic carbocycles. The fourth-order valence-electron chi connectivity index (χ4n) is 3.10. The normalized spacial score (nSPS) is 16.1. The summed E-state index contributed by atoms with van der Waals surface area (Å²) in [7, 11) is 0. The number of hydrogen-bond acceptors (Lipinski definition) is 2. The molecule has 0 saturated heterocycles. The number of benzene rings is 2. The summed E-state index contributed by atoms with van der Waals surface area (Å²) in [6, 6.07) is 14.7. The zero-order chi connectivity index (χ0) is 14.1. The molecule has 0 amide bonds. The Labute approximate surface area is 121 Å². The van der Waals surface area contributed by atoms with Gasteiger partial charge in [0.15, 0.2) is 0 Å². The lowest BCUT2D eigenvalue weighted by atomic mass is 9.88. The predicted molar refractivity (Wildman–Crippen MR) is 84.0 cm³/mol. The Morgan fingerprint density at radius 2 is 1.65 bits per heavy atom. The van der Waals surface area contributed by atoms with Crippen molar-refractivity contribution in [1.82, 2.24) is 0 Å². The van der Waals surface area contributed by atoms with Crippen LogP contribution in [0.5, 0.6) is 11.5 Å². The SMILES string of the molecule is CCN(CC)c1cccc2c1C(C)c1ccccc1O2. The Morgan fingerprint density at radius 1 is 0.950 bits per heavy atom. The van der Waals surface area contributed by atoms with E-state index in [0.29, 0.717) is 5.92 Å². The van der Waals surface area contributed by atoms with E-state index in [1.807, 2.05) is 6.07 Å². The van der Waals surface area contributed by atoms with Crippen molar-refractivity contribution in [3.05, 3.63) is 53.6 Å². The number of hydrogen-bond donors (Lipinski definition) is 0. The van der Waals surface area contributed by atoms with E-state index in [4.69, 9.17) is 4.74 Å². The van der Waals surface area contributed by atoms with Crippen LogP contribution in [0, 0.1) is 0 Å². The van der Waals surface area contributed by atoms with Crippen LogP contribution in [0.4, 0.5) is 5.69 Å². The van der Waals surface area contributed by atoms with Crippen LogP contribution in [0.25, 0.3) is 0 Å². The average Bonchev–Trinajstić information content (AvgIpc) is 2.49. The van der Waals surface area contributed by atoms with Gasteiger partial charge in [-0.3, -0.25) is 0 Å². The molecule has 1 unspecified atom stereocenters. The minimum absolute atomic E-state index is 0.367. The molecule has 1 heterocycles. The highest BCUT2D eigenvalue weighted by Gasteiger charge is 2.27. The molecule has 0 fully saturated rings. The van der Waals surface area contributed by atoms with Gasteiger partial charge in [-0.1, -0.05) is 31.2 Å². The van der Waals surface area contributed by atoms with Gasteiger partial charge in [0, 0.05) is 35.8 Å². The summed E-state index contributed by atoms with van der Waals surface area (Å²) in [6.45, 7) is 8.70. The lowest BCUT2D eigenvalue weighted by Crippen LogP contribution is -2.24. The third-order valence-electron chi connectivity index (χ3n) is 4.19. The molecule has 3 rings (SSSR count). The molecular weight excluding hydrogens is 246 g/mol. The highest BCUT2D eigenvalue weighted by atomic mass is 16.5. The zero-order valence-corrected chi connectivity index (χ0v) is 12.4.